The number of alkyl carbamates (subject to hydrolysis) is 1. The van der Waals surface area contributed by atoms with E-state index in [1.165, 1.54) is 0 Å². The minimum Gasteiger partial charge on any atom is -0.436 e. The van der Waals surface area contributed by atoms with Gasteiger partial charge in [-0.2, -0.15) is 0 Å². The van der Waals surface area contributed by atoms with Gasteiger partial charge in [-0.3, -0.25) is 14.6 Å². The van der Waals surface area contributed by atoms with Crippen LogP contribution in [0.1, 0.15) is 71.8 Å². The zero-order valence-corrected chi connectivity index (χ0v) is 23.7. The molecule has 0 bridgehead atoms. The minimum atomic E-state index is -0.858. The lowest BCUT2D eigenvalue weighted by Gasteiger charge is -2.32. The van der Waals surface area contributed by atoms with Gasteiger partial charge in [-0.25, -0.2) is 4.79 Å². The number of carbonyl (C=O) groups excluding carboxylic acids is 3. The quantitative estimate of drug-likeness (QED) is 0.484. The molecule has 0 radical (unpaired) electrons. The number of hydrogen-bond acceptors (Lipinski definition) is 5. The van der Waals surface area contributed by atoms with Crippen LogP contribution < -0.4 is 10.6 Å². The second-order valence-electron chi connectivity index (χ2n) is 12.1. The lowest BCUT2D eigenvalue weighted by molar-refractivity contribution is -0.129. The van der Waals surface area contributed by atoms with Gasteiger partial charge >= 0.3 is 6.09 Å². The molecule has 2 aromatic rings. The number of rotatable bonds is 7. The van der Waals surface area contributed by atoms with Crippen molar-refractivity contribution in [3.05, 3.63) is 48.3 Å². The van der Waals surface area contributed by atoms with Crippen molar-refractivity contribution in [3.8, 4) is 11.1 Å². The highest BCUT2D eigenvalue weighted by Gasteiger charge is 2.35. The molecule has 0 spiro atoms. The number of carbonyl (C=O) groups is 3. The number of amides is 3. The Morgan fingerprint density at radius 2 is 1.69 bits per heavy atom. The Labute approximate surface area is 231 Å². The normalized spacial score (nSPS) is 20.3. The summed E-state index contributed by atoms with van der Waals surface area (Å²) in [5.41, 5.74) is 2.95. The van der Waals surface area contributed by atoms with Crippen molar-refractivity contribution in [1.82, 2.24) is 15.2 Å². The number of pyridine rings is 1. The first-order valence-electron chi connectivity index (χ1n) is 14.2. The first-order chi connectivity index (χ1) is 18.6. The lowest BCUT2D eigenvalue weighted by Crippen LogP contribution is -2.46. The molecule has 1 aromatic carbocycles. The number of nitrogens with zero attached hydrogens (tertiary/aromatic N) is 2. The Kier molecular flexibility index (Phi) is 9.25. The zero-order valence-electron chi connectivity index (χ0n) is 23.7. The maximum absolute atomic E-state index is 13.4. The van der Waals surface area contributed by atoms with Crippen LogP contribution in [0.3, 0.4) is 0 Å². The van der Waals surface area contributed by atoms with Gasteiger partial charge < -0.3 is 20.3 Å². The van der Waals surface area contributed by atoms with Gasteiger partial charge in [0.2, 0.25) is 5.91 Å². The van der Waals surface area contributed by atoms with Crippen molar-refractivity contribution in [2.45, 2.75) is 84.3 Å². The summed E-state index contributed by atoms with van der Waals surface area (Å²) in [6.45, 7) is 9.50. The average molecular weight is 535 g/mol. The van der Waals surface area contributed by atoms with Crippen molar-refractivity contribution < 1.29 is 19.1 Å². The van der Waals surface area contributed by atoms with E-state index >= 15 is 0 Å². The fourth-order valence-corrected chi connectivity index (χ4v) is 5.44. The summed E-state index contributed by atoms with van der Waals surface area (Å²) in [5, 5.41) is 5.77. The van der Waals surface area contributed by atoms with Crippen molar-refractivity contribution >= 4 is 23.6 Å². The second-order valence-corrected chi connectivity index (χ2v) is 12.1. The van der Waals surface area contributed by atoms with Gasteiger partial charge in [0.25, 0.3) is 5.91 Å². The van der Waals surface area contributed by atoms with Gasteiger partial charge in [0.15, 0.2) is 6.10 Å². The van der Waals surface area contributed by atoms with E-state index < -0.39 is 17.7 Å². The number of likely N-dealkylation sites (tertiary alicyclic amines) is 1. The molecule has 2 aliphatic rings. The molecule has 8 heteroatoms. The molecule has 3 amide bonds. The molecule has 1 aromatic heterocycles. The SMILES string of the molecule is CC1CCC([C@H](OC(=O)NC(C)(C)C)C(=O)Nc2ccc(-c3ccncc3CC(=O)N3CCCC3)cc2)CC1. The standard InChI is InChI=1S/C31H42N4O4/c1-21-7-9-23(10-8-21)28(39-30(38)34-31(2,3)4)29(37)33-25-13-11-22(12-14-25)26-15-16-32-20-24(26)19-27(36)35-17-5-6-18-35/h11-16,20-21,23,28H,5-10,17-19H2,1-4H3,(H,33,37)(H,34,38)/t21?,23?,28-/m0/s1. The summed E-state index contributed by atoms with van der Waals surface area (Å²) in [5.74, 6) is 0.416. The van der Waals surface area contributed by atoms with Crippen LogP contribution in [0, 0.1) is 11.8 Å². The van der Waals surface area contributed by atoms with E-state index in [2.05, 4.69) is 22.5 Å². The van der Waals surface area contributed by atoms with Crippen molar-refractivity contribution in [1.29, 1.82) is 0 Å². The maximum Gasteiger partial charge on any atom is 0.408 e. The summed E-state index contributed by atoms with van der Waals surface area (Å²) >= 11 is 0. The summed E-state index contributed by atoms with van der Waals surface area (Å²) < 4.78 is 5.72. The van der Waals surface area contributed by atoms with E-state index in [1.807, 2.05) is 56.0 Å². The molecular weight excluding hydrogens is 492 g/mol. The van der Waals surface area contributed by atoms with Crippen molar-refractivity contribution in [2.24, 2.45) is 11.8 Å². The molecule has 39 heavy (non-hydrogen) atoms. The molecule has 1 aliphatic heterocycles. The van der Waals surface area contributed by atoms with Gasteiger partial charge in [-0.1, -0.05) is 31.9 Å². The van der Waals surface area contributed by atoms with Crippen LogP contribution in [-0.4, -0.2) is 52.5 Å². The third-order valence-electron chi connectivity index (χ3n) is 7.63. The monoisotopic (exact) mass is 534 g/mol. The molecule has 8 nitrogen and oxygen atoms in total. The Morgan fingerprint density at radius 3 is 2.33 bits per heavy atom. The van der Waals surface area contributed by atoms with Crippen LogP contribution in [0.4, 0.5) is 10.5 Å². The molecule has 0 unspecified atom stereocenters. The maximum atomic E-state index is 13.4. The van der Waals surface area contributed by atoms with Gasteiger partial charge in [0, 0.05) is 42.6 Å². The molecule has 1 saturated heterocycles. The smallest absolute Gasteiger partial charge is 0.408 e. The van der Waals surface area contributed by atoms with Crippen molar-refractivity contribution in [2.75, 3.05) is 18.4 Å². The number of benzene rings is 1. The van der Waals surface area contributed by atoms with Gasteiger partial charge in [-0.15, -0.1) is 0 Å². The van der Waals surface area contributed by atoms with Crippen LogP contribution in [0.5, 0.6) is 0 Å². The van der Waals surface area contributed by atoms with Crippen LogP contribution in [0.2, 0.25) is 0 Å². The van der Waals surface area contributed by atoms with E-state index in [0.29, 0.717) is 18.0 Å². The molecule has 210 valence electrons. The van der Waals surface area contributed by atoms with E-state index in [4.69, 9.17) is 4.74 Å². The number of aromatic nitrogens is 1. The van der Waals surface area contributed by atoms with Crippen molar-refractivity contribution in [3.63, 3.8) is 0 Å². The lowest BCUT2D eigenvalue weighted by atomic mass is 9.80. The molecule has 4 rings (SSSR count). The Bertz CT molecular complexity index is 1140. The Balaban J connectivity index is 1.45. The van der Waals surface area contributed by atoms with Crippen LogP contribution in [-0.2, 0) is 20.7 Å². The third-order valence-corrected chi connectivity index (χ3v) is 7.63. The number of anilines is 1. The van der Waals surface area contributed by atoms with Crippen LogP contribution >= 0.6 is 0 Å². The third kappa shape index (κ3) is 8.04. The first-order valence-corrected chi connectivity index (χ1v) is 14.2. The highest BCUT2D eigenvalue weighted by atomic mass is 16.6. The zero-order chi connectivity index (χ0) is 28.0. The summed E-state index contributed by atoms with van der Waals surface area (Å²) in [4.78, 5) is 44.9. The molecule has 1 aliphatic carbocycles. The first kappa shape index (κ1) is 28.6. The van der Waals surface area contributed by atoms with Gasteiger partial charge in [-0.05, 0) is 87.3 Å². The van der Waals surface area contributed by atoms with Gasteiger partial charge in [0.05, 0.1) is 6.42 Å². The summed E-state index contributed by atoms with van der Waals surface area (Å²) in [7, 11) is 0. The predicted octanol–water partition coefficient (Wildman–Crippen LogP) is 5.57. The fraction of sp³-hybridized carbons (Fsp3) is 0.548. The number of hydrogen-bond donors (Lipinski definition) is 2. The largest absolute Gasteiger partial charge is 0.436 e. The molecular formula is C31H42N4O4. The Hall–Kier alpha value is -3.42. The Morgan fingerprint density at radius 1 is 1.03 bits per heavy atom. The highest BCUT2D eigenvalue weighted by Crippen LogP contribution is 2.33. The minimum absolute atomic E-state index is 0.0151. The predicted molar refractivity (Wildman–Crippen MR) is 152 cm³/mol. The highest BCUT2D eigenvalue weighted by molar-refractivity contribution is 5.95. The molecule has 1 saturated carbocycles. The second kappa shape index (κ2) is 12.6. The van der Waals surface area contributed by atoms with E-state index in [9.17, 15) is 14.4 Å². The van der Waals surface area contributed by atoms with E-state index in [0.717, 1.165) is 68.3 Å². The summed E-state index contributed by atoms with van der Waals surface area (Å²) in [6, 6.07) is 9.46. The topological polar surface area (TPSA) is 101 Å². The molecule has 2 N–H and O–H groups in total. The number of ether oxygens (including phenoxy) is 1. The summed E-state index contributed by atoms with van der Waals surface area (Å²) in [6.07, 6.45) is 8.22. The van der Waals surface area contributed by atoms with Crippen LogP contribution in [0.15, 0.2) is 42.7 Å². The van der Waals surface area contributed by atoms with E-state index in [1.54, 1.807) is 12.4 Å². The number of nitrogens with one attached hydrogen (secondary N) is 2. The average Bonchev–Trinajstić information content (AvgIpc) is 3.43. The molecule has 1 atom stereocenters. The molecule has 2 heterocycles. The fourth-order valence-electron chi connectivity index (χ4n) is 5.44. The van der Waals surface area contributed by atoms with Crippen LogP contribution in [0.25, 0.3) is 11.1 Å². The van der Waals surface area contributed by atoms with Gasteiger partial charge in [0.1, 0.15) is 0 Å². The molecule has 2 fully saturated rings. The van der Waals surface area contributed by atoms with E-state index in [-0.39, 0.29) is 17.7 Å².